The van der Waals surface area contributed by atoms with E-state index < -0.39 is 6.61 Å². The monoisotopic (exact) mass is 327 g/mol. The van der Waals surface area contributed by atoms with Gasteiger partial charge in [0.1, 0.15) is 5.75 Å². The van der Waals surface area contributed by atoms with Gasteiger partial charge in [0.2, 0.25) is 0 Å². The molecule has 15 heavy (non-hydrogen) atoms. The van der Waals surface area contributed by atoms with E-state index in [2.05, 4.69) is 4.74 Å². The van der Waals surface area contributed by atoms with Crippen LogP contribution >= 0.6 is 22.6 Å². The van der Waals surface area contributed by atoms with Crippen LogP contribution < -0.4 is 10.5 Å². The third kappa shape index (κ3) is 2.77. The van der Waals surface area contributed by atoms with E-state index in [0.717, 1.165) is 0 Å². The fourth-order valence-corrected chi connectivity index (χ4v) is 1.66. The van der Waals surface area contributed by atoms with Crippen LogP contribution in [0.4, 0.5) is 14.5 Å². The highest BCUT2D eigenvalue weighted by Crippen LogP contribution is 2.30. The minimum atomic E-state index is -2.90. The van der Waals surface area contributed by atoms with Crippen LogP contribution in [-0.4, -0.2) is 12.4 Å². The molecule has 0 aliphatic carbocycles. The Morgan fingerprint density at radius 2 is 2.13 bits per heavy atom. The molecule has 0 saturated carbocycles. The van der Waals surface area contributed by atoms with E-state index in [1.807, 2.05) is 0 Å². The van der Waals surface area contributed by atoms with Crippen molar-refractivity contribution in [2.75, 3.05) is 5.73 Å². The van der Waals surface area contributed by atoms with Crippen molar-refractivity contribution < 1.29 is 18.3 Å². The number of nitrogen functional groups attached to an aromatic ring is 1. The van der Waals surface area contributed by atoms with Crippen molar-refractivity contribution in [3.05, 3.63) is 21.3 Å². The van der Waals surface area contributed by atoms with Crippen LogP contribution in [0.3, 0.4) is 0 Å². The minimum Gasteiger partial charge on any atom is -0.434 e. The molecule has 0 aliphatic heterocycles. The summed E-state index contributed by atoms with van der Waals surface area (Å²) in [5.41, 5.74) is 6.08. The summed E-state index contributed by atoms with van der Waals surface area (Å²) < 4.78 is 28.5. The van der Waals surface area contributed by atoms with Crippen molar-refractivity contribution in [2.45, 2.75) is 13.5 Å². The summed E-state index contributed by atoms with van der Waals surface area (Å²) in [6.45, 7) is -1.55. The summed E-state index contributed by atoms with van der Waals surface area (Å²) in [4.78, 5) is 11.1. The Hall–Kier alpha value is -0.920. The molecule has 0 atom stereocenters. The van der Waals surface area contributed by atoms with E-state index in [0.29, 0.717) is 9.13 Å². The van der Waals surface area contributed by atoms with Crippen molar-refractivity contribution in [3.8, 4) is 5.75 Å². The smallest absolute Gasteiger partial charge is 0.387 e. The molecule has 0 fully saturated rings. The topological polar surface area (TPSA) is 52.3 Å². The van der Waals surface area contributed by atoms with Crippen LogP contribution in [0.25, 0.3) is 0 Å². The van der Waals surface area contributed by atoms with Crippen molar-refractivity contribution >= 4 is 34.1 Å². The van der Waals surface area contributed by atoms with Gasteiger partial charge in [-0.2, -0.15) is 8.78 Å². The predicted molar refractivity (Wildman–Crippen MR) is 60.2 cm³/mol. The first kappa shape index (κ1) is 12.2. The van der Waals surface area contributed by atoms with Crippen molar-refractivity contribution in [3.63, 3.8) is 0 Å². The second kappa shape index (κ2) is 4.73. The lowest BCUT2D eigenvalue weighted by atomic mass is 10.1. The van der Waals surface area contributed by atoms with E-state index in [-0.39, 0.29) is 17.2 Å². The number of benzene rings is 1. The first-order chi connectivity index (χ1) is 6.93. The maximum atomic E-state index is 12.0. The number of rotatable bonds is 3. The molecule has 3 nitrogen and oxygen atoms in total. The summed E-state index contributed by atoms with van der Waals surface area (Å²) in [6, 6.07) is 2.68. The van der Waals surface area contributed by atoms with Crippen LogP contribution in [0.1, 0.15) is 17.3 Å². The van der Waals surface area contributed by atoms with Crippen LogP contribution in [0, 0.1) is 3.57 Å². The zero-order chi connectivity index (χ0) is 11.6. The number of hydrogen-bond donors (Lipinski definition) is 1. The van der Waals surface area contributed by atoms with Gasteiger partial charge < -0.3 is 10.5 Å². The number of Topliss-reactive ketones (excluding diaryl/α,β-unsaturated/α-hetero) is 1. The first-order valence-electron chi connectivity index (χ1n) is 3.97. The molecule has 0 amide bonds. The number of hydrogen-bond acceptors (Lipinski definition) is 3. The number of alkyl halides is 2. The summed E-state index contributed by atoms with van der Waals surface area (Å²) in [5, 5.41) is 0. The SMILES string of the molecule is CC(=O)c1ccc(OC(F)F)c(I)c1N. The van der Waals surface area contributed by atoms with Gasteiger partial charge in [-0.1, -0.05) is 0 Å². The Morgan fingerprint density at radius 1 is 1.53 bits per heavy atom. The maximum Gasteiger partial charge on any atom is 0.387 e. The summed E-state index contributed by atoms with van der Waals surface area (Å²) in [6.07, 6.45) is 0. The Balaban J connectivity index is 3.15. The van der Waals surface area contributed by atoms with Gasteiger partial charge in [0.05, 0.1) is 9.26 Å². The zero-order valence-corrected chi connectivity index (χ0v) is 9.92. The summed E-state index contributed by atoms with van der Waals surface area (Å²) >= 11 is 1.76. The molecular formula is C9H8F2INO2. The molecule has 0 saturated heterocycles. The number of carbonyl (C=O) groups is 1. The van der Waals surface area contributed by atoms with Gasteiger partial charge in [-0.3, -0.25) is 4.79 Å². The van der Waals surface area contributed by atoms with Gasteiger partial charge >= 0.3 is 6.61 Å². The number of anilines is 1. The summed E-state index contributed by atoms with van der Waals surface area (Å²) in [7, 11) is 0. The lowest BCUT2D eigenvalue weighted by Crippen LogP contribution is -2.07. The maximum absolute atomic E-state index is 12.0. The molecule has 0 aliphatic rings. The van der Waals surface area contributed by atoms with Gasteiger partial charge in [-0.25, -0.2) is 0 Å². The average molecular weight is 327 g/mol. The number of carbonyl (C=O) groups excluding carboxylic acids is 1. The second-order valence-electron chi connectivity index (χ2n) is 2.77. The Bertz CT molecular complexity index is 396. The fraction of sp³-hybridized carbons (Fsp3) is 0.222. The molecule has 0 unspecified atom stereocenters. The number of ether oxygens (including phenoxy) is 1. The van der Waals surface area contributed by atoms with E-state index in [1.54, 1.807) is 22.6 Å². The molecule has 0 spiro atoms. The first-order valence-corrected chi connectivity index (χ1v) is 5.05. The van der Waals surface area contributed by atoms with Gasteiger partial charge in [-0.15, -0.1) is 0 Å². The summed E-state index contributed by atoms with van der Waals surface area (Å²) in [5.74, 6) is -0.234. The predicted octanol–water partition coefficient (Wildman–Crippen LogP) is 2.68. The van der Waals surface area contributed by atoms with Crippen LogP contribution in [0.2, 0.25) is 0 Å². The normalized spacial score (nSPS) is 10.5. The highest BCUT2D eigenvalue weighted by atomic mass is 127. The highest BCUT2D eigenvalue weighted by molar-refractivity contribution is 14.1. The molecule has 0 radical (unpaired) electrons. The van der Waals surface area contributed by atoms with Crippen LogP contribution in [0.5, 0.6) is 5.75 Å². The highest BCUT2D eigenvalue weighted by Gasteiger charge is 2.14. The largest absolute Gasteiger partial charge is 0.434 e. The fourth-order valence-electron chi connectivity index (χ4n) is 1.07. The van der Waals surface area contributed by atoms with Gasteiger partial charge in [0, 0.05) is 5.56 Å². The quantitative estimate of drug-likeness (QED) is 0.528. The number of halogens is 3. The van der Waals surface area contributed by atoms with E-state index >= 15 is 0 Å². The van der Waals surface area contributed by atoms with Gasteiger partial charge in [0.15, 0.2) is 5.78 Å². The van der Waals surface area contributed by atoms with E-state index in [4.69, 9.17) is 5.73 Å². The molecule has 2 N–H and O–H groups in total. The molecule has 1 aromatic rings. The van der Waals surface area contributed by atoms with Crippen molar-refractivity contribution in [2.24, 2.45) is 0 Å². The Kier molecular flexibility index (Phi) is 3.83. The average Bonchev–Trinajstić information content (AvgIpc) is 2.12. The lowest BCUT2D eigenvalue weighted by Gasteiger charge is -2.10. The Labute approximate surface area is 98.7 Å². The molecule has 1 aromatic carbocycles. The van der Waals surface area contributed by atoms with Crippen LogP contribution in [0.15, 0.2) is 12.1 Å². The lowest BCUT2D eigenvalue weighted by molar-refractivity contribution is -0.0503. The number of nitrogens with two attached hydrogens (primary N) is 1. The molecule has 0 aromatic heterocycles. The Morgan fingerprint density at radius 3 is 2.60 bits per heavy atom. The van der Waals surface area contributed by atoms with Crippen LogP contribution in [-0.2, 0) is 0 Å². The molecular weight excluding hydrogens is 319 g/mol. The second-order valence-corrected chi connectivity index (χ2v) is 3.85. The van der Waals surface area contributed by atoms with Gasteiger partial charge in [0.25, 0.3) is 0 Å². The third-order valence-electron chi connectivity index (χ3n) is 1.74. The van der Waals surface area contributed by atoms with Crippen molar-refractivity contribution in [1.82, 2.24) is 0 Å². The standard InChI is InChI=1S/C9H8F2INO2/c1-4(14)5-2-3-6(15-9(10)11)7(12)8(5)13/h2-3,9H,13H2,1H3. The molecule has 82 valence electrons. The van der Waals surface area contributed by atoms with E-state index in [9.17, 15) is 13.6 Å². The zero-order valence-electron chi connectivity index (χ0n) is 7.76. The molecule has 0 bridgehead atoms. The third-order valence-corrected chi connectivity index (χ3v) is 2.85. The van der Waals surface area contributed by atoms with Crippen molar-refractivity contribution in [1.29, 1.82) is 0 Å². The van der Waals surface area contributed by atoms with E-state index in [1.165, 1.54) is 19.1 Å². The molecule has 0 heterocycles. The number of ketones is 1. The molecule has 1 rings (SSSR count). The minimum absolute atomic E-state index is 0.0203. The molecule has 6 heteroatoms. The van der Waals surface area contributed by atoms with Gasteiger partial charge in [-0.05, 0) is 41.6 Å².